The maximum Gasteiger partial charge on any atom is 0.164 e. The molecule has 0 fully saturated rings. The van der Waals surface area contributed by atoms with Gasteiger partial charge >= 0.3 is 0 Å². The van der Waals surface area contributed by atoms with Crippen molar-refractivity contribution < 1.29 is 8.83 Å². The average molecular weight is 1580 g/mol. The second kappa shape index (κ2) is 28.1. The summed E-state index contributed by atoms with van der Waals surface area (Å²) in [5.41, 5.74) is 36.4. The fraction of sp³-hybridized carbons (Fsp3) is 0.0172. The van der Waals surface area contributed by atoms with Crippen LogP contribution in [0.3, 0.4) is 0 Å². The van der Waals surface area contributed by atoms with E-state index in [4.69, 9.17) is 38.7 Å². The highest BCUT2D eigenvalue weighted by Gasteiger charge is 2.52. The summed E-state index contributed by atoms with van der Waals surface area (Å²) in [6, 6.07) is 152. The third-order valence-corrected chi connectivity index (χ3v) is 25.9. The number of hydrogen-bond donors (Lipinski definition) is 0. The van der Waals surface area contributed by atoms with Crippen LogP contribution in [-0.2, 0) is 10.8 Å². The largest absolute Gasteiger partial charge is 0.456 e. The van der Waals surface area contributed by atoms with E-state index < -0.39 is 10.8 Å². The maximum atomic E-state index is 6.57. The molecule has 2 spiro atoms. The highest BCUT2D eigenvalue weighted by atomic mass is 16.3. The summed E-state index contributed by atoms with van der Waals surface area (Å²) in [7, 11) is 0. The lowest BCUT2D eigenvalue weighted by molar-refractivity contribution is 0.668. The molecule has 124 heavy (non-hydrogen) atoms. The molecular weight excluding hydrogens is 1510 g/mol. The van der Waals surface area contributed by atoms with Gasteiger partial charge in [-0.1, -0.05) is 370 Å². The molecule has 0 saturated carbocycles. The summed E-state index contributed by atoms with van der Waals surface area (Å²) in [6.45, 7) is 0. The van der Waals surface area contributed by atoms with E-state index in [1.54, 1.807) is 0 Å². The standard InChI is InChI=1S/2C58H35N3O/c1-3-16-36(17-4-1)38-20-15-21-39(32-38)56-59-55(37-18-5-2-6-19-37)60-57(61-56)40-30-31-45-42-23-8-7-22-41(42)43-24-9-12-27-49(43)58(51(45)33-40)50-28-13-10-25-44(50)47-35-54-48(34-52(47)58)46-26-11-14-29-53(46)62-54;1-3-15-36(16-4-1)37-27-29-39(30-28-37)56-59-55(38-17-5-2-6-18-38)60-57(61-56)40-31-32-45-42-20-8-7-19-41(42)43-21-9-12-24-49(43)58(51(45)33-40)50-25-13-10-22-44(50)47-35-54-48(34-52(47)58)46-23-11-14-26-53(46)62-54/h2*1-35H. The molecule has 18 aromatic carbocycles. The van der Waals surface area contributed by atoms with Crippen molar-refractivity contribution in [3.05, 3.63) is 469 Å². The number of nitrogens with zero attached hydrogens (tertiary/aromatic N) is 6. The lowest BCUT2D eigenvalue weighted by atomic mass is 9.65. The fourth-order valence-electron chi connectivity index (χ4n) is 20.5. The molecule has 4 aromatic heterocycles. The van der Waals surface area contributed by atoms with Gasteiger partial charge in [0, 0.05) is 54.9 Å². The molecule has 0 aliphatic heterocycles. The second-order valence-electron chi connectivity index (χ2n) is 32.5. The molecule has 4 aliphatic rings. The first-order valence-corrected chi connectivity index (χ1v) is 42.2. The van der Waals surface area contributed by atoms with Gasteiger partial charge in [0.25, 0.3) is 0 Å². The van der Waals surface area contributed by atoms with Crippen LogP contribution in [0.4, 0.5) is 0 Å². The molecule has 0 N–H and O–H groups in total. The van der Waals surface area contributed by atoms with Crippen molar-refractivity contribution in [2.24, 2.45) is 0 Å². The molecule has 576 valence electrons. The number of rotatable bonds is 8. The van der Waals surface area contributed by atoms with E-state index in [2.05, 4.69) is 364 Å². The Hall–Kier alpha value is -16.4. The molecule has 0 radical (unpaired) electrons. The SMILES string of the molecule is c1ccc(-c2ccc(-c3nc(-c4ccccc4)nc(-c4ccc5c(c4)C4(c6ccccc6-c6ccccc6-5)c5ccccc5-c5cc6oc7ccccc7c6cc54)n3)cc2)cc1.c1ccc(-c2cccc(-c3nc(-c4ccccc4)nc(-c4ccc5c(c4)C4(c6ccccc6-c6ccccc6-5)c5ccccc5-c5cc6oc7ccccc7c6cc54)n3)c2)cc1. The molecule has 8 nitrogen and oxygen atoms in total. The lowest BCUT2D eigenvalue weighted by Crippen LogP contribution is -2.29. The van der Waals surface area contributed by atoms with Crippen LogP contribution < -0.4 is 0 Å². The third kappa shape index (κ3) is 10.9. The lowest BCUT2D eigenvalue weighted by Gasteiger charge is -2.35. The van der Waals surface area contributed by atoms with Crippen LogP contribution in [0.2, 0.25) is 0 Å². The van der Waals surface area contributed by atoms with Gasteiger partial charge in [0.2, 0.25) is 0 Å². The Labute approximate surface area is 715 Å². The van der Waals surface area contributed by atoms with Crippen molar-refractivity contribution in [1.82, 2.24) is 29.9 Å². The summed E-state index contributed by atoms with van der Waals surface area (Å²) >= 11 is 0. The molecule has 22 aromatic rings. The predicted molar refractivity (Wildman–Crippen MR) is 501 cm³/mol. The van der Waals surface area contributed by atoms with Crippen LogP contribution in [-0.4, -0.2) is 29.9 Å². The smallest absolute Gasteiger partial charge is 0.164 e. The van der Waals surface area contributed by atoms with E-state index in [9.17, 15) is 0 Å². The van der Waals surface area contributed by atoms with Crippen molar-refractivity contribution in [3.8, 4) is 157 Å². The Morgan fingerprint density at radius 2 is 0.387 bits per heavy atom. The normalized spacial score (nSPS) is 14.5. The highest BCUT2D eigenvalue weighted by molar-refractivity contribution is 6.11. The molecule has 0 saturated heterocycles. The molecule has 8 heteroatoms. The zero-order valence-corrected chi connectivity index (χ0v) is 66.9. The molecule has 26 rings (SSSR count). The van der Waals surface area contributed by atoms with E-state index in [0.717, 1.165) is 93.9 Å². The maximum absolute atomic E-state index is 6.57. The Kier molecular flexibility index (Phi) is 16.0. The molecule has 0 bridgehead atoms. The van der Waals surface area contributed by atoms with E-state index in [1.165, 1.54) is 117 Å². The van der Waals surface area contributed by atoms with Gasteiger partial charge in [-0.3, -0.25) is 0 Å². The fourth-order valence-corrected chi connectivity index (χ4v) is 20.5. The van der Waals surface area contributed by atoms with Gasteiger partial charge in [-0.25, -0.2) is 29.9 Å². The van der Waals surface area contributed by atoms with Crippen molar-refractivity contribution in [2.45, 2.75) is 10.8 Å². The quantitative estimate of drug-likeness (QED) is 0.148. The zero-order valence-electron chi connectivity index (χ0n) is 66.9. The van der Waals surface area contributed by atoms with Gasteiger partial charge in [-0.05, 0) is 188 Å². The predicted octanol–water partition coefficient (Wildman–Crippen LogP) is 28.9. The Balaban J connectivity index is 0.000000136. The van der Waals surface area contributed by atoms with Crippen LogP contribution in [0.5, 0.6) is 0 Å². The number of furan rings is 2. The molecule has 2 unspecified atom stereocenters. The van der Waals surface area contributed by atoms with E-state index in [-0.39, 0.29) is 0 Å². The van der Waals surface area contributed by atoms with Crippen molar-refractivity contribution >= 4 is 43.9 Å². The Morgan fingerprint density at radius 1 is 0.137 bits per heavy atom. The summed E-state index contributed by atoms with van der Waals surface area (Å²) in [5.74, 6) is 3.74. The van der Waals surface area contributed by atoms with Crippen LogP contribution in [0.15, 0.2) is 433 Å². The summed E-state index contributed by atoms with van der Waals surface area (Å²) in [6.07, 6.45) is 0. The molecule has 4 aliphatic carbocycles. The highest BCUT2D eigenvalue weighted by Crippen LogP contribution is 2.65. The van der Waals surface area contributed by atoms with Crippen LogP contribution >= 0.6 is 0 Å². The molecular formula is C116H70N6O2. The third-order valence-electron chi connectivity index (χ3n) is 25.9. The van der Waals surface area contributed by atoms with Crippen LogP contribution in [0, 0.1) is 0 Å². The van der Waals surface area contributed by atoms with Crippen LogP contribution in [0.25, 0.3) is 201 Å². The van der Waals surface area contributed by atoms with Gasteiger partial charge in [0.05, 0.1) is 10.8 Å². The van der Waals surface area contributed by atoms with Gasteiger partial charge in [-0.2, -0.15) is 0 Å². The Bertz CT molecular complexity index is 8120. The minimum atomic E-state index is -0.707. The van der Waals surface area contributed by atoms with E-state index >= 15 is 0 Å². The topological polar surface area (TPSA) is 104 Å². The van der Waals surface area contributed by atoms with Crippen molar-refractivity contribution in [2.75, 3.05) is 0 Å². The zero-order chi connectivity index (χ0) is 81.6. The minimum absolute atomic E-state index is 0.616. The monoisotopic (exact) mass is 1580 g/mol. The first kappa shape index (κ1) is 70.6. The number of para-hydroxylation sites is 2. The van der Waals surface area contributed by atoms with Gasteiger partial charge < -0.3 is 8.83 Å². The van der Waals surface area contributed by atoms with Gasteiger partial charge in [-0.15, -0.1) is 0 Å². The number of aromatic nitrogens is 6. The Morgan fingerprint density at radius 3 is 0.782 bits per heavy atom. The summed E-state index contributed by atoms with van der Waals surface area (Å²) < 4.78 is 13.1. The number of hydrogen-bond acceptors (Lipinski definition) is 8. The second-order valence-corrected chi connectivity index (χ2v) is 32.5. The van der Waals surface area contributed by atoms with E-state index in [1.807, 2.05) is 60.7 Å². The summed E-state index contributed by atoms with van der Waals surface area (Å²) in [4.78, 5) is 31.4. The molecule has 0 amide bonds. The summed E-state index contributed by atoms with van der Waals surface area (Å²) in [5, 5.41) is 4.43. The minimum Gasteiger partial charge on any atom is -0.456 e. The van der Waals surface area contributed by atoms with Crippen molar-refractivity contribution in [1.29, 1.82) is 0 Å². The van der Waals surface area contributed by atoms with Crippen LogP contribution in [0.1, 0.15) is 44.5 Å². The number of benzene rings is 18. The van der Waals surface area contributed by atoms with E-state index in [0.29, 0.717) is 34.9 Å². The molecule has 4 heterocycles. The van der Waals surface area contributed by atoms with Gasteiger partial charge in [0.1, 0.15) is 22.3 Å². The first-order chi connectivity index (χ1) is 61.4. The number of fused-ring (bicyclic) bond motifs is 30. The average Bonchev–Trinajstić information content (AvgIpc) is 1.51. The van der Waals surface area contributed by atoms with Crippen molar-refractivity contribution in [3.63, 3.8) is 0 Å². The molecule has 2 atom stereocenters. The van der Waals surface area contributed by atoms with Gasteiger partial charge in [0.15, 0.2) is 34.9 Å². The first-order valence-electron chi connectivity index (χ1n) is 42.2.